The molecule has 0 radical (unpaired) electrons. The Labute approximate surface area is 187 Å². The van der Waals surface area contributed by atoms with Gasteiger partial charge in [0, 0.05) is 50.6 Å². The zero-order valence-electron chi connectivity index (χ0n) is 19.4. The normalized spacial score (nSPS) is 20.9. The minimum absolute atomic E-state index is 0.113. The molecule has 2 aromatic rings. The number of piperazine rings is 2. The monoisotopic (exact) mass is 420 g/mol. The summed E-state index contributed by atoms with van der Waals surface area (Å²) < 4.78 is 0. The topological polar surface area (TPSA) is 38.8 Å². The van der Waals surface area contributed by atoms with Gasteiger partial charge in [0.15, 0.2) is 0 Å². The van der Waals surface area contributed by atoms with Gasteiger partial charge in [-0.05, 0) is 48.2 Å². The fourth-order valence-electron chi connectivity index (χ4n) is 4.55. The number of anilines is 2. The van der Waals surface area contributed by atoms with Crippen LogP contribution in [0.1, 0.15) is 31.9 Å². The molecule has 0 spiro atoms. The lowest BCUT2D eigenvalue weighted by atomic mass is 9.87. The van der Waals surface area contributed by atoms with Gasteiger partial charge < -0.3 is 20.0 Å². The van der Waals surface area contributed by atoms with Gasteiger partial charge in [-0.15, -0.1) is 0 Å². The lowest BCUT2D eigenvalue weighted by Crippen LogP contribution is -2.56. The van der Waals surface area contributed by atoms with E-state index in [0.29, 0.717) is 6.54 Å². The molecule has 5 heteroatoms. The molecule has 0 aliphatic carbocycles. The highest BCUT2D eigenvalue weighted by atomic mass is 16.2. The zero-order valence-corrected chi connectivity index (χ0v) is 19.4. The molecule has 0 saturated carbocycles. The standard InChI is InChI=1S/C26H36N4O/c1-26(2,3)21-9-11-22(12-10-21)30-14-13-27-23(25(30)31)19-20-7-5-6-8-24(20)29-17-15-28(4)16-18-29/h5-12,23,27H,13-19H2,1-4H3. The van der Waals surface area contributed by atoms with Gasteiger partial charge in [-0.3, -0.25) is 4.79 Å². The minimum atomic E-state index is -0.190. The number of benzene rings is 2. The van der Waals surface area contributed by atoms with Crippen molar-refractivity contribution in [3.63, 3.8) is 0 Å². The number of nitrogens with one attached hydrogen (secondary N) is 1. The number of carbonyl (C=O) groups excluding carboxylic acids is 1. The molecule has 1 atom stereocenters. The van der Waals surface area contributed by atoms with Crippen LogP contribution < -0.4 is 15.1 Å². The second-order valence-electron chi connectivity index (χ2n) is 9.92. The number of carbonyl (C=O) groups is 1. The number of hydrogen-bond donors (Lipinski definition) is 1. The first kappa shape index (κ1) is 21.8. The molecule has 0 aromatic heterocycles. The second kappa shape index (κ2) is 9.01. The summed E-state index contributed by atoms with van der Waals surface area (Å²) in [5.41, 5.74) is 4.93. The van der Waals surface area contributed by atoms with Crippen LogP contribution in [0.5, 0.6) is 0 Å². The molecule has 2 fully saturated rings. The molecule has 1 amide bonds. The first-order valence-electron chi connectivity index (χ1n) is 11.5. The summed E-state index contributed by atoms with van der Waals surface area (Å²) in [6, 6.07) is 16.9. The summed E-state index contributed by atoms with van der Waals surface area (Å²) >= 11 is 0. The van der Waals surface area contributed by atoms with Crippen molar-refractivity contribution in [2.45, 2.75) is 38.6 Å². The summed E-state index contributed by atoms with van der Waals surface area (Å²) in [7, 11) is 2.18. The van der Waals surface area contributed by atoms with Crippen LogP contribution in [0.3, 0.4) is 0 Å². The highest BCUT2D eigenvalue weighted by Crippen LogP contribution is 2.27. The molecule has 2 aliphatic heterocycles. The molecule has 2 aliphatic rings. The van der Waals surface area contributed by atoms with Crippen LogP contribution in [0.4, 0.5) is 11.4 Å². The molecule has 31 heavy (non-hydrogen) atoms. The van der Waals surface area contributed by atoms with Gasteiger partial charge in [0.05, 0.1) is 6.04 Å². The fourth-order valence-corrected chi connectivity index (χ4v) is 4.55. The van der Waals surface area contributed by atoms with Crippen molar-refractivity contribution in [3.05, 3.63) is 59.7 Å². The number of para-hydroxylation sites is 1. The lowest BCUT2D eigenvalue weighted by Gasteiger charge is -2.37. The predicted molar refractivity (Wildman–Crippen MR) is 129 cm³/mol. The molecule has 2 heterocycles. The highest BCUT2D eigenvalue weighted by molar-refractivity contribution is 5.98. The van der Waals surface area contributed by atoms with E-state index in [2.05, 4.69) is 91.5 Å². The fraction of sp³-hybridized carbons (Fsp3) is 0.500. The maximum absolute atomic E-state index is 13.4. The van der Waals surface area contributed by atoms with Gasteiger partial charge in [0.25, 0.3) is 0 Å². The number of hydrogen-bond acceptors (Lipinski definition) is 4. The number of rotatable bonds is 4. The summed E-state index contributed by atoms with van der Waals surface area (Å²) in [5.74, 6) is 0.169. The van der Waals surface area contributed by atoms with E-state index in [1.54, 1.807) is 0 Å². The quantitative estimate of drug-likeness (QED) is 0.824. The average molecular weight is 421 g/mol. The van der Waals surface area contributed by atoms with Crippen LogP contribution in [-0.4, -0.2) is 63.2 Å². The molecule has 2 aromatic carbocycles. The molecule has 4 rings (SSSR count). The predicted octanol–water partition coefficient (Wildman–Crippen LogP) is 3.28. The molecule has 0 bridgehead atoms. The molecule has 2 saturated heterocycles. The van der Waals surface area contributed by atoms with E-state index < -0.39 is 0 Å². The summed E-state index contributed by atoms with van der Waals surface area (Å²) in [5, 5.41) is 3.47. The van der Waals surface area contributed by atoms with Crippen LogP contribution in [0.15, 0.2) is 48.5 Å². The van der Waals surface area contributed by atoms with Gasteiger partial charge in [-0.1, -0.05) is 51.1 Å². The average Bonchev–Trinajstić information content (AvgIpc) is 2.76. The zero-order chi connectivity index (χ0) is 22.0. The third kappa shape index (κ3) is 4.94. The Morgan fingerprint density at radius 1 is 0.935 bits per heavy atom. The van der Waals surface area contributed by atoms with Crippen LogP contribution in [-0.2, 0) is 16.6 Å². The third-order valence-corrected chi connectivity index (χ3v) is 6.59. The van der Waals surface area contributed by atoms with Crippen molar-refractivity contribution in [3.8, 4) is 0 Å². The number of nitrogens with zero attached hydrogens (tertiary/aromatic N) is 3. The maximum Gasteiger partial charge on any atom is 0.244 e. The van der Waals surface area contributed by atoms with Crippen LogP contribution in [0.2, 0.25) is 0 Å². The summed E-state index contributed by atoms with van der Waals surface area (Å²) in [4.78, 5) is 20.2. The minimum Gasteiger partial charge on any atom is -0.369 e. The second-order valence-corrected chi connectivity index (χ2v) is 9.92. The Hall–Kier alpha value is -2.37. The van der Waals surface area contributed by atoms with Crippen molar-refractivity contribution in [2.24, 2.45) is 0 Å². The molecular weight excluding hydrogens is 384 g/mol. The maximum atomic E-state index is 13.4. The van der Waals surface area contributed by atoms with Crippen LogP contribution in [0, 0.1) is 0 Å². The Bertz CT molecular complexity index is 894. The van der Waals surface area contributed by atoms with Crippen molar-refractivity contribution in [1.82, 2.24) is 10.2 Å². The van der Waals surface area contributed by atoms with Crippen molar-refractivity contribution in [2.75, 3.05) is 56.1 Å². The largest absolute Gasteiger partial charge is 0.369 e. The molecule has 1 N–H and O–H groups in total. The van der Waals surface area contributed by atoms with Gasteiger partial charge >= 0.3 is 0 Å². The van der Waals surface area contributed by atoms with E-state index in [1.165, 1.54) is 16.8 Å². The number of likely N-dealkylation sites (N-methyl/N-ethyl adjacent to an activating group) is 1. The number of amides is 1. The van der Waals surface area contributed by atoms with Crippen molar-refractivity contribution in [1.29, 1.82) is 0 Å². The molecule has 1 unspecified atom stereocenters. The van der Waals surface area contributed by atoms with E-state index in [9.17, 15) is 4.79 Å². The Kier molecular flexibility index (Phi) is 6.35. The van der Waals surface area contributed by atoms with Gasteiger partial charge in [0.2, 0.25) is 5.91 Å². The first-order valence-corrected chi connectivity index (χ1v) is 11.5. The van der Waals surface area contributed by atoms with Crippen LogP contribution >= 0.6 is 0 Å². The molecule has 5 nitrogen and oxygen atoms in total. The van der Waals surface area contributed by atoms with E-state index in [0.717, 1.165) is 44.8 Å². The summed E-state index contributed by atoms with van der Waals surface area (Å²) in [6.07, 6.45) is 0.720. The third-order valence-electron chi connectivity index (χ3n) is 6.59. The van der Waals surface area contributed by atoms with Gasteiger partial charge in [-0.2, -0.15) is 0 Å². The Morgan fingerprint density at radius 3 is 2.29 bits per heavy atom. The van der Waals surface area contributed by atoms with Crippen molar-refractivity contribution < 1.29 is 4.79 Å². The van der Waals surface area contributed by atoms with E-state index in [4.69, 9.17) is 0 Å². The van der Waals surface area contributed by atoms with E-state index >= 15 is 0 Å². The van der Waals surface area contributed by atoms with Gasteiger partial charge in [-0.25, -0.2) is 0 Å². The van der Waals surface area contributed by atoms with Crippen molar-refractivity contribution >= 4 is 17.3 Å². The molecular formula is C26H36N4O. The summed E-state index contributed by atoms with van der Waals surface area (Å²) in [6.45, 7) is 12.4. The van der Waals surface area contributed by atoms with E-state index in [1.807, 2.05) is 4.90 Å². The Balaban J connectivity index is 1.49. The first-order chi connectivity index (χ1) is 14.8. The molecule has 166 valence electrons. The lowest BCUT2D eigenvalue weighted by molar-refractivity contribution is -0.121. The SMILES string of the molecule is CN1CCN(c2ccccc2CC2NCCN(c3ccc(C(C)(C)C)cc3)C2=O)CC1. The highest BCUT2D eigenvalue weighted by Gasteiger charge is 2.30. The van der Waals surface area contributed by atoms with E-state index in [-0.39, 0.29) is 17.4 Å². The Morgan fingerprint density at radius 2 is 1.61 bits per heavy atom. The smallest absolute Gasteiger partial charge is 0.244 e. The van der Waals surface area contributed by atoms with Gasteiger partial charge in [0.1, 0.15) is 0 Å². The van der Waals surface area contributed by atoms with Crippen LogP contribution in [0.25, 0.3) is 0 Å².